The minimum atomic E-state index is -0.915. The average Bonchev–Trinajstić information content (AvgIpc) is 2.49. The zero-order valence-electron chi connectivity index (χ0n) is 12.5. The number of nitrogens with one attached hydrogen (secondary N) is 1. The molecule has 6 nitrogen and oxygen atoms in total. The second-order valence-electron chi connectivity index (χ2n) is 5.31. The van der Waals surface area contributed by atoms with Crippen molar-refractivity contribution in [1.82, 2.24) is 5.32 Å². The van der Waals surface area contributed by atoms with E-state index in [0.717, 1.165) is 25.9 Å². The van der Waals surface area contributed by atoms with Gasteiger partial charge in [0, 0.05) is 13.2 Å². The van der Waals surface area contributed by atoms with Gasteiger partial charge in [0.2, 0.25) is 5.91 Å². The molecular weight excluding hydrogens is 258 g/mol. The van der Waals surface area contributed by atoms with Gasteiger partial charge in [-0.05, 0) is 38.5 Å². The van der Waals surface area contributed by atoms with Crippen LogP contribution >= 0.6 is 0 Å². The van der Waals surface area contributed by atoms with Crippen molar-refractivity contribution in [2.75, 3.05) is 13.2 Å². The topological polar surface area (TPSA) is 96.9 Å². The zero-order chi connectivity index (χ0) is 15.0. The van der Waals surface area contributed by atoms with Crippen LogP contribution in [0.2, 0.25) is 0 Å². The van der Waals surface area contributed by atoms with Gasteiger partial charge in [0.1, 0.15) is 5.41 Å². The van der Waals surface area contributed by atoms with Gasteiger partial charge < -0.3 is 21.0 Å². The number of nitrogens with zero attached hydrogens (tertiary/aromatic N) is 1. The van der Waals surface area contributed by atoms with Gasteiger partial charge in [-0.2, -0.15) is 0 Å². The van der Waals surface area contributed by atoms with E-state index in [-0.39, 0.29) is 17.8 Å². The monoisotopic (exact) mass is 285 g/mol. The lowest BCUT2D eigenvalue weighted by Crippen LogP contribution is -2.49. The predicted molar refractivity (Wildman–Crippen MR) is 77.6 cm³/mol. The lowest BCUT2D eigenvalue weighted by atomic mass is 9.80. The Morgan fingerprint density at radius 3 is 2.65 bits per heavy atom. The molecule has 1 aliphatic rings. The van der Waals surface area contributed by atoms with E-state index in [9.17, 15) is 4.79 Å². The number of amides is 1. The molecule has 0 radical (unpaired) electrons. The second kappa shape index (κ2) is 8.09. The molecule has 0 aliphatic carbocycles. The minimum absolute atomic E-state index is 0.0195. The molecule has 1 heterocycles. The highest BCUT2D eigenvalue weighted by Gasteiger charge is 2.39. The SMILES string of the molecule is CCC(CC)(C(=O)NCCC1CCCCO1)C(N)=NO. The summed E-state index contributed by atoms with van der Waals surface area (Å²) in [5.74, 6) is -0.192. The second-order valence-corrected chi connectivity index (χ2v) is 5.31. The Balaban J connectivity index is 2.50. The molecule has 0 spiro atoms. The molecule has 1 rings (SSSR count). The maximum atomic E-state index is 12.3. The lowest BCUT2D eigenvalue weighted by Gasteiger charge is -2.29. The summed E-state index contributed by atoms with van der Waals surface area (Å²) >= 11 is 0. The van der Waals surface area contributed by atoms with Crippen molar-refractivity contribution >= 4 is 11.7 Å². The average molecular weight is 285 g/mol. The van der Waals surface area contributed by atoms with E-state index in [2.05, 4.69) is 10.5 Å². The molecule has 0 aromatic heterocycles. The van der Waals surface area contributed by atoms with E-state index < -0.39 is 5.41 Å². The fourth-order valence-corrected chi connectivity index (χ4v) is 2.70. The molecule has 6 heteroatoms. The first-order valence-corrected chi connectivity index (χ1v) is 7.48. The molecular formula is C14H27N3O3. The Morgan fingerprint density at radius 1 is 1.45 bits per heavy atom. The largest absolute Gasteiger partial charge is 0.409 e. The van der Waals surface area contributed by atoms with E-state index in [0.29, 0.717) is 19.4 Å². The number of amidine groups is 1. The molecule has 0 saturated carbocycles. The molecule has 0 aromatic rings. The Labute approximate surface area is 120 Å². The predicted octanol–water partition coefficient (Wildman–Crippen LogP) is 1.61. The first-order valence-electron chi connectivity index (χ1n) is 7.48. The summed E-state index contributed by atoms with van der Waals surface area (Å²) < 4.78 is 5.63. The summed E-state index contributed by atoms with van der Waals surface area (Å²) in [6.45, 7) is 5.11. The molecule has 1 amide bonds. The molecule has 1 fully saturated rings. The normalized spacial score (nSPS) is 20.7. The Bertz CT molecular complexity index is 335. The quantitative estimate of drug-likeness (QED) is 0.286. The van der Waals surface area contributed by atoms with Gasteiger partial charge in [0.05, 0.1) is 6.10 Å². The summed E-state index contributed by atoms with van der Waals surface area (Å²) in [7, 11) is 0. The first kappa shape index (κ1) is 16.8. The van der Waals surface area contributed by atoms with Gasteiger partial charge in [-0.25, -0.2) is 0 Å². The van der Waals surface area contributed by atoms with E-state index in [4.69, 9.17) is 15.7 Å². The highest BCUT2D eigenvalue weighted by molar-refractivity contribution is 6.06. The Hall–Kier alpha value is -1.30. The van der Waals surface area contributed by atoms with Crippen molar-refractivity contribution in [2.45, 2.75) is 58.5 Å². The molecule has 1 aliphatic heterocycles. The van der Waals surface area contributed by atoms with Gasteiger partial charge >= 0.3 is 0 Å². The number of nitrogens with two attached hydrogens (primary N) is 1. The molecule has 1 atom stereocenters. The molecule has 1 saturated heterocycles. The summed E-state index contributed by atoms with van der Waals surface area (Å²) in [5, 5.41) is 14.8. The third-order valence-electron chi connectivity index (χ3n) is 4.27. The van der Waals surface area contributed by atoms with Crippen LogP contribution in [0.4, 0.5) is 0 Å². The van der Waals surface area contributed by atoms with E-state index in [1.165, 1.54) is 6.42 Å². The van der Waals surface area contributed by atoms with Crippen LogP contribution in [0.15, 0.2) is 5.16 Å². The number of carbonyl (C=O) groups excluding carboxylic acids is 1. The standard InChI is InChI=1S/C14H27N3O3/c1-3-14(4-2,12(15)17-19)13(18)16-9-8-11-7-5-6-10-20-11/h11,19H,3-10H2,1-2H3,(H2,15,17)(H,16,18). The number of rotatable bonds is 7. The Morgan fingerprint density at radius 2 is 2.15 bits per heavy atom. The van der Waals surface area contributed by atoms with E-state index in [1.54, 1.807) is 0 Å². The van der Waals surface area contributed by atoms with Gasteiger partial charge in [-0.15, -0.1) is 0 Å². The summed E-state index contributed by atoms with van der Waals surface area (Å²) in [4.78, 5) is 12.3. The summed E-state index contributed by atoms with van der Waals surface area (Å²) in [5.41, 5.74) is 4.79. The summed E-state index contributed by atoms with van der Waals surface area (Å²) in [6, 6.07) is 0. The van der Waals surface area contributed by atoms with Gasteiger partial charge in [0.15, 0.2) is 5.84 Å². The van der Waals surface area contributed by atoms with Crippen molar-refractivity contribution < 1.29 is 14.7 Å². The number of oxime groups is 1. The number of hydrogen-bond donors (Lipinski definition) is 3. The summed E-state index contributed by atoms with van der Waals surface area (Å²) in [6.07, 6.45) is 5.44. The maximum Gasteiger partial charge on any atom is 0.233 e. The number of hydrogen-bond acceptors (Lipinski definition) is 4. The van der Waals surface area contributed by atoms with Crippen molar-refractivity contribution in [3.8, 4) is 0 Å². The van der Waals surface area contributed by atoms with Crippen LogP contribution in [-0.2, 0) is 9.53 Å². The van der Waals surface area contributed by atoms with Crippen molar-refractivity contribution in [3.05, 3.63) is 0 Å². The molecule has 4 N–H and O–H groups in total. The molecule has 116 valence electrons. The smallest absolute Gasteiger partial charge is 0.233 e. The van der Waals surface area contributed by atoms with Crippen LogP contribution in [0.1, 0.15) is 52.4 Å². The fraction of sp³-hybridized carbons (Fsp3) is 0.857. The van der Waals surface area contributed by atoms with Crippen molar-refractivity contribution in [2.24, 2.45) is 16.3 Å². The maximum absolute atomic E-state index is 12.3. The molecule has 0 bridgehead atoms. The zero-order valence-corrected chi connectivity index (χ0v) is 12.5. The van der Waals surface area contributed by atoms with Crippen LogP contribution in [0.5, 0.6) is 0 Å². The van der Waals surface area contributed by atoms with E-state index in [1.807, 2.05) is 13.8 Å². The van der Waals surface area contributed by atoms with Crippen LogP contribution in [0, 0.1) is 5.41 Å². The van der Waals surface area contributed by atoms with Crippen LogP contribution in [0.25, 0.3) is 0 Å². The van der Waals surface area contributed by atoms with Crippen LogP contribution in [-0.4, -0.2) is 36.2 Å². The third kappa shape index (κ3) is 3.85. The van der Waals surface area contributed by atoms with Crippen LogP contribution < -0.4 is 11.1 Å². The highest BCUT2D eigenvalue weighted by atomic mass is 16.5. The van der Waals surface area contributed by atoms with Crippen LogP contribution in [0.3, 0.4) is 0 Å². The minimum Gasteiger partial charge on any atom is -0.409 e. The molecule has 20 heavy (non-hydrogen) atoms. The van der Waals surface area contributed by atoms with Crippen molar-refractivity contribution in [1.29, 1.82) is 0 Å². The fourth-order valence-electron chi connectivity index (χ4n) is 2.70. The van der Waals surface area contributed by atoms with Gasteiger partial charge in [0.25, 0.3) is 0 Å². The number of ether oxygens (including phenoxy) is 1. The van der Waals surface area contributed by atoms with Gasteiger partial charge in [-0.1, -0.05) is 19.0 Å². The lowest BCUT2D eigenvalue weighted by molar-refractivity contribution is -0.128. The van der Waals surface area contributed by atoms with E-state index >= 15 is 0 Å². The number of carbonyl (C=O) groups is 1. The van der Waals surface area contributed by atoms with Crippen molar-refractivity contribution in [3.63, 3.8) is 0 Å². The molecule has 0 aromatic carbocycles. The third-order valence-corrected chi connectivity index (χ3v) is 4.27. The highest BCUT2D eigenvalue weighted by Crippen LogP contribution is 2.27. The first-order chi connectivity index (χ1) is 9.60. The Kier molecular flexibility index (Phi) is 6.78. The van der Waals surface area contributed by atoms with Gasteiger partial charge in [-0.3, -0.25) is 4.79 Å². The molecule has 1 unspecified atom stereocenters.